The molecule has 0 saturated carbocycles. The Labute approximate surface area is 179 Å². The smallest absolute Gasteiger partial charge is 0.320 e. The number of para-hydroxylation sites is 1. The van der Waals surface area contributed by atoms with E-state index in [9.17, 15) is 30.1 Å². The molecule has 0 aliphatic heterocycles. The third-order valence-corrected chi connectivity index (χ3v) is 4.27. The summed E-state index contributed by atoms with van der Waals surface area (Å²) >= 11 is 0. The highest BCUT2D eigenvalue weighted by Crippen LogP contribution is 2.28. The first kappa shape index (κ1) is 21.9. The standard InChI is InChI=1S/C19H16N6O7/c1-32-16-4-2-3-13(18(16)26)9-20-21-19(27)17-15(25(30)31)11-23(22-17)10-12-5-7-14(8-6-12)24(28)29/h2-9,11,26H,10H2,1H3,(H,21,27)/b20-9-. The molecule has 0 unspecified atom stereocenters. The number of nitro benzene ring substituents is 1. The number of carbonyl (C=O) groups is 1. The van der Waals surface area contributed by atoms with Crippen LogP contribution >= 0.6 is 0 Å². The number of benzene rings is 2. The minimum atomic E-state index is -0.933. The van der Waals surface area contributed by atoms with E-state index < -0.39 is 27.1 Å². The fraction of sp³-hybridized carbons (Fsp3) is 0.105. The van der Waals surface area contributed by atoms with Gasteiger partial charge in [0.15, 0.2) is 11.5 Å². The second kappa shape index (κ2) is 9.34. The molecule has 164 valence electrons. The second-order valence-corrected chi connectivity index (χ2v) is 6.34. The van der Waals surface area contributed by atoms with Crippen molar-refractivity contribution in [2.45, 2.75) is 6.54 Å². The molecule has 0 atom stereocenters. The molecule has 2 N–H and O–H groups in total. The zero-order valence-electron chi connectivity index (χ0n) is 16.5. The molecule has 0 bridgehead atoms. The molecule has 0 spiro atoms. The van der Waals surface area contributed by atoms with Gasteiger partial charge in [-0.1, -0.05) is 18.2 Å². The van der Waals surface area contributed by atoms with Gasteiger partial charge in [-0.25, -0.2) is 5.43 Å². The van der Waals surface area contributed by atoms with Crippen molar-refractivity contribution in [3.8, 4) is 11.5 Å². The number of aromatic hydroxyl groups is 1. The number of phenolic OH excluding ortho intramolecular Hbond substituents is 1. The van der Waals surface area contributed by atoms with E-state index in [1.165, 1.54) is 48.2 Å². The van der Waals surface area contributed by atoms with Gasteiger partial charge < -0.3 is 9.84 Å². The normalized spacial score (nSPS) is 10.8. The van der Waals surface area contributed by atoms with Gasteiger partial charge in [-0.3, -0.25) is 29.7 Å². The highest BCUT2D eigenvalue weighted by molar-refractivity contribution is 5.96. The molecule has 3 aromatic rings. The first-order valence-electron chi connectivity index (χ1n) is 8.94. The molecule has 1 amide bonds. The average molecular weight is 440 g/mol. The van der Waals surface area contributed by atoms with Gasteiger partial charge in [-0.15, -0.1) is 0 Å². The van der Waals surface area contributed by atoms with Gasteiger partial charge >= 0.3 is 5.69 Å². The number of rotatable bonds is 8. The Morgan fingerprint density at radius 2 is 1.94 bits per heavy atom. The number of amides is 1. The maximum atomic E-state index is 12.4. The minimum Gasteiger partial charge on any atom is -0.504 e. The van der Waals surface area contributed by atoms with Crippen molar-refractivity contribution in [2.75, 3.05) is 7.11 Å². The van der Waals surface area contributed by atoms with E-state index >= 15 is 0 Å². The van der Waals surface area contributed by atoms with Crippen molar-refractivity contribution in [1.82, 2.24) is 15.2 Å². The van der Waals surface area contributed by atoms with Crippen molar-refractivity contribution < 1.29 is 24.5 Å². The first-order valence-corrected chi connectivity index (χ1v) is 8.94. The molecule has 2 aromatic carbocycles. The van der Waals surface area contributed by atoms with Gasteiger partial charge in [0.1, 0.15) is 6.20 Å². The van der Waals surface area contributed by atoms with Crippen LogP contribution in [-0.4, -0.2) is 44.0 Å². The van der Waals surface area contributed by atoms with Crippen LogP contribution in [0.5, 0.6) is 11.5 Å². The molecule has 13 nitrogen and oxygen atoms in total. The minimum absolute atomic E-state index is 0.0487. The summed E-state index contributed by atoms with van der Waals surface area (Å²) in [5, 5.41) is 39.7. The molecule has 1 aromatic heterocycles. The lowest BCUT2D eigenvalue weighted by Crippen LogP contribution is -2.19. The number of hydrogen-bond acceptors (Lipinski definition) is 9. The average Bonchev–Trinajstić information content (AvgIpc) is 3.19. The fourth-order valence-corrected chi connectivity index (χ4v) is 2.72. The van der Waals surface area contributed by atoms with E-state index in [1.54, 1.807) is 6.07 Å². The lowest BCUT2D eigenvalue weighted by molar-refractivity contribution is -0.385. The molecule has 1 heterocycles. The summed E-state index contributed by atoms with van der Waals surface area (Å²) in [4.78, 5) is 33.2. The number of carbonyl (C=O) groups excluding carboxylic acids is 1. The zero-order valence-corrected chi connectivity index (χ0v) is 16.5. The summed E-state index contributed by atoms with van der Waals surface area (Å²) < 4.78 is 6.15. The lowest BCUT2D eigenvalue weighted by Gasteiger charge is -2.04. The summed E-state index contributed by atoms with van der Waals surface area (Å²) in [6.45, 7) is 0.0487. The van der Waals surface area contributed by atoms with Crippen LogP contribution in [-0.2, 0) is 6.54 Å². The number of nitrogens with one attached hydrogen (secondary N) is 1. The predicted molar refractivity (Wildman–Crippen MR) is 111 cm³/mol. The number of phenols is 1. The second-order valence-electron chi connectivity index (χ2n) is 6.34. The highest BCUT2D eigenvalue weighted by Gasteiger charge is 2.25. The van der Waals surface area contributed by atoms with E-state index in [0.717, 1.165) is 12.4 Å². The highest BCUT2D eigenvalue weighted by atomic mass is 16.6. The molecule has 0 aliphatic rings. The van der Waals surface area contributed by atoms with Crippen molar-refractivity contribution >= 4 is 23.5 Å². The number of hydrazone groups is 1. The maximum Gasteiger partial charge on any atom is 0.320 e. The summed E-state index contributed by atoms with van der Waals surface area (Å²) in [6, 6.07) is 10.2. The van der Waals surface area contributed by atoms with Crippen LogP contribution in [0.4, 0.5) is 11.4 Å². The van der Waals surface area contributed by atoms with E-state index in [4.69, 9.17) is 4.74 Å². The Bertz CT molecular complexity index is 1200. The molecule has 0 fully saturated rings. The van der Waals surface area contributed by atoms with Crippen LogP contribution in [0.3, 0.4) is 0 Å². The Morgan fingerprint density at radius 1 is 1.22 bits per heavy atom. The summed E-state index contributed by atoms with van der Waals surface area (Å²) in [7, 11) is 1.38. The summed E-state index contributed by atoms with van der Waals surface area (Å²) in [5.74, 6) is -0.912. The van der Waals surface area contributed by atoms with E-state index in [0.29, 0.717) is 5.56 Å². The van der Waals surface area contributed by atoms with E-state index in [1.807, 2.05) is 0 Å². The van der Waals surface area contributed by atoms with Gasteiger partial charge in [-0.2, -0.15) is 10.2 Å². The largest absolute Gasteiger partial charge is 0.504 e. The number of methoxy groups -OCH3 is 1. The van der Waals surface area contributed by atoms with E-state index in [2.05, 4.69) is 15.6 Å². The van der Waals surface area contributed by atoms with Crippen molar-refractivity contribution in [2.24, 2.45) is 5.10 Å². The van der Waals surface area contributed by atoms with Crippen molar-refractivity contribution in [3.63, 3.8) is 0 Å². The van der Waals surface area contributed by atoms with Crippen LogP contribution in [0.1, 0.15) is 21.6 Å². The fourth-order valence-electron chi connectivity index (χ4n) is 2.72. The number of non-ortho nitro benzene ring substituents is 1. The van der Waals surface area contributed by atoms with Gasteiger partial charge in [0.2, 0.25) is 5.69 Å². The number of hydrogen-bond donors (Lipinski definition) is 2. The number of nitrogens with zero attached hydrogens (tertiary/aromatic N) is 5. The molecule has 0 radical (unpaired) electrons. The van der Waals surface area contributed by atoms with Crippen molar-refractivity contribution in [1.29, 1.82) is 0 Å². The van der Waals surface area contributed by atoms with Crippen LogP contribution in [0, 0.1) is 20.2 Å². The molecule has 32 heavy (non-hydrogen) atoms. The summed E-state index contributed by atoms with van der Waals surface area (Å²) in [5.41, 5.74) is 1.87. The lowest BCUT2D eigenvalue weighted by atomic mass is 10.2. The Morgan fingerprint density at radius 3 is 2.56 bits per heavy atom. The first-order chi connectivity index (χ1) is 15.3. The van der Waals surface area contributed by atoms with E-state index in [-0.39, 0.29) is 29.3 Å². The Balaban J connectivity index is 1.76. The topological polar surface area (TPSA) is 175 Å². The van der Waals surface area contributed by atoms with Gasteiger partial charge in [-0.05, 0) is 17.7 Å². The molecular formula is C19H16N6O7. The van der Waals surface area contributed by atoms with Crippen LogP contribution in [0.2, 0.25) is 0 Å². The Kier molecular flexibility index (Phi) is 6.39. The Hall–Kier alpha value is -4.81. The van der Waals surface area contributed by atoms with Crippen LogP contribution in [0.25, 0.3) is 0 Å². The molecular weight excluding hydrogens is 424 g/mol. The van der Waals surface area contributed by atoms with Gasteiger partial charge in [0.25, 0.3) is 11.6 Å². The predicted octanol–water partition coefficient (Wildman–Crippen LogP) is 2.23. The van der Waals surface area contributed by atoms with Gasteiger partial charge in [0.05, 0.1) is 29.7 Å². The van der Waals surface area contributed by atoms with Crippen molar-refractivity contribution in [3.05, 3.63) is 85.7 Å². The number of nitro groups is 2. The van der Waals surface area contributed by atoms with Crippen LogP contribution < -0.4 is 10.2 Å². The number of ether oxygens (including phenoxy) is 1. The number of aromatic nitrogens is 2. The molecule has 0 saturated heterocycles. The molecule has 13 heteroatoms. The quantitative estimate of drug-likeness (QED) is 0.304. The SMILES string of the molecule is COc1cccc(/C=N\NC(=O)c2nn(Cc3ccc([N+](=O)[O-])cc3)cc2[N+](=O)[O-])c1O. The van der Waals surface area contributed by atoms with Gasteiger partial charge in [0, 0.05) is 17.7 Å². The maximum absolute atomic E-state index is 12.4. The monoisotopic (exact) mass is 440 g/mol. The zero-order chi connectivity index (χ0) is 23.3. The molecule has 0 aliphatic carbocycles. The van der Waals surface area contributed by atoms with Crippen LogP contribution in [0.15, 0.2) is 53.8 Å². The third-order valence-electron chi connectivity index (χ3n) is 4.27. The summed E-state index contributed by atoms with van der Waals surface area (Å²) in [6.07, 6.45) is 2.23. The molecule has 3 rings (SSSR count). The third kappa shape index (κ3) is 4.84.